The molecule has 0 saturated carbocycles. The maximum absolute atomic E-state index is 11.7. The van der Waals surface area contributed by atoms with E-state index in [2.05, 4.69) is 15.3 Å². The highest BCUT2D eigenvalue weighted by Gasteiger charge is 2.27. The average Bonchev–Trinajstić information content (AvgIpc) is 3.82. The molecule has 14 nitrogen and oxygen atoms in total. The number of aromatic nitrogens is 4. The molecule has 3 N–H and O–H groups in total. The van der Waals surface area contributed by atoms with Gasteiger partial charge in [0.05, 0.1) is 12.7 Å². The van der Waals surface area contributed by atoms with Gasteiger partial charge in [-0.2, -0.15) is 0 Å². The molecule has 4 aromatic rings. The van der Waals surface area contributed by atoms with Gasteiger partial charge in [0.1, 0.15) is 11.1 Å². The molecule has 0 aliphatic carbocycles. The first-order chi connectivity index (χ1) is 24.2. The summed E-state index contributed by atoms with van der Waals surface area (Å²) in [4.78, 5) is 54.4. The Balaban J connectivity index is 0.000000511. The van der Waals surface area contributed by atoms with Crippen LogP contribution >= 0.6 is 24.8 Å². The summed E-state index contributed by atoms with van der Waals surface area (Å²) in [6.45, 7) is 6.95. The zero-order valence-corrected chi connectivity index (χ0v) is 31.8. The third-order valence-corrected chi connectivity index (χ3v) is 7.08. The lowest BCUT2D eigenvalue weighted by molar-refractivity contribution is -0.169. The second-order valence-electron chi connectivity index (χ2n) is 12.2. The first-order valence-corrected chi connectivity index (χ1v) is 15.9. The summed E-state index contributed by atoms with van der Waals surface area (Å²) in [5.41, 5.74) is 7.56. The van der Waals surface area contributed by atoms with E-state index in [1.165, 1.54) is 26.0 Å². The fraction of sp³-hybridized carbons (Fsp3) is 0.297. The molecule has 0 bridgehead atoms. The smallest absolute Gasteiger partial charge is 0.333 e. The number of carbonyl (C=O) groups is 4. The largest absolute Gasteiger partial charge is 0.426 e. The molecule has 4 rings (SSSR count). The summed E-state index contributed by atoms with van der Waals surface area (Å²) in [6.07, 6.45) is 16.6. The predicted octanol–water partition coefficient (Wildman–Crippen LogP) is 4.56. The number of nitrogens with zero attached hydrogens (tertiary/aromatic N) is 4. The van der Waals surface area contributed by atoms with Crippen molar-refractivity contribution in [3.63, 3.8) is 0 Å². The molecule has 0 spiro atoms. The number of ether oxygens (including phenoxy) is 4. The second kappa shape index (κ2) is 22.6. The number of nitrogens with two attached hydrogens (primary N) is 1. The molecule has 0 unspecified atom stereocenters. The third-order valence-electron chi connectivity index (χ3n) is 7.08. The quantitative estimate of drug-likeness (QED) is 0.0980. The van der Waals surface area contributed by atoms with Gasteiger partial charge in [0.25, 0.3) is 0 Å². The Hall–Kier alpha value is -5.28. The van der Waals surface area contributed by atoms with Crippen LogP contribution in [0.5, 0.6) is 0 Å². The minimum atomic E-state index is -1.12. The summed E-state index contributed by atoms with van der Waals surface area (Å²) in [5, 5.41) is 2.81. The normalized spacial score (nSPS) is 11.1. The first kappa shape index (κ1) is 45.7. The highest BCUT2D eigenvalue weighted by molar-refractivity contribution is 5.88. The highest BCUT2D eigenvalue weighted by atomic mass is 35.5. The van der Waals surface area contributed by atoms with Gasteiger partial charge in [0.2, 0.25) is 13.6 Å². The van der Waals surface area contributed by atoms with E-state index in [9.17, 15) is 19.2 Å². The number of carbonyl (C=O) groups excluding carboxylic acids is 4. The van der Waals surface area contributed by atoms with Crippen molar-refractivity contribution < 1.29 is 38.1 Å². The number of benzene rings is 2. The molecular weight excluding hydrogens is 727 g/mol. The number of rotatable bonds is 15. The average molecular weight is 774 g/mol. The molecule has 2 heterocycles. The van der Waals surface area contributed by atoms with Gasteiger partial charge in [-0.1, -0.05) is 48.5 Å². The molecule has 2 aromatic heterocycles. The van der Waals surface area contributed by atoms with E-state index in [0.717, 1.165) is 35.3 Å². The zero-order chi connectivity index (χ0) is 37.3. The number of likely N-dealkylation sites (N-methyl/N-ethyl adjacent to an activating group) is 1. The molecule has 0 saturated heterocycles. The van der Waals surface area contributed by atoms with Crippen LogP contribution in [0.25, 0.3) is 12.2 Å². The lowest BCUT2D eigenvalue weighted by Crippen LogP contribution is -2.45. The zero-order valence-electron chi connectivity index (χ0n) is 30.2. The van der Waals surface area contributed by atoms with Gasteiger partial charge >= 0.3 is 23.9 Å². The number of hydrogen-bond acceptors (Lipinski definition) is 12. The molecule has 0 radical (unpaired) electrons. The van der Waals surface area contributed by atoms with E-state index in [1.807, 2.05) is 70.1 Å². The molecule has 0 aliphatic heterocycles. The summed E-state index contributed by atoms with van der Waals surface area (Å²) in [7, 11) is 1.65. The Labute approximate surface area is 321 Å². The Morgan fingerprint density at radius 1 is 0.679 bits per heavy atom. The molecule has 0 amide bonds. The molecular formula is C37H46Cl2N6O8. The number of halogens is 2. The summed E-state index contributed by atoms with van der Waals surface area (Å²) in [6, 6.07) is 15.5. The fourth-order valence-electron chi connectivity index (χ4n) is 3.83. The Morgan fingerprint density at radius 3 is 1.42 bits per heavy atom. The Bertz CT molecular complexity index is 1750. The van der Waals surface area contributed by atoms with Crippen molar-refractivity contribution in [3.8, 4) is 0 Å². The molecule has 0 aliphatic rings. The van der Waals surface area contributed by atoms with E-state index in [-0.39, 0.29) is 24.8 Å². The number of hydrogen-bond donors (Lipinski definition) is 2. The SMILES string of the molecule is CC(C)(N)C(=O)OCOC(=O)/C=C/c1ccc(Cn2ccnc2)cc1.CNC(C)(C)C(=O)OCOC(=O)/C=C/c1ccc(Cn2ccnc2)cc1.Cl.Cl. The maximum Gasteiger partial charge on any atom is 0.333 e. The fourth-order valence-corrected chi connectivity index (χ4v) is 3.83. The van der Waals surface area contributed by atoms with E-state index >= 15 is 0 Å². The maximum atomic E-state index is 11.7. The topological polar surface area (TPSA) is 179 Å². The van der Waals surface area contributed by atoms with E-state index in [0.29, 0.717) is 0 Å². The monoisotopic (exact) mass is 772 g/mol. The minimum absolute atomic E-state index is 0. The van der Waals surface area contributed by atoms with Crippen molar-refractivity contribution in [2.24, 2.45) is 5.73 Å². The van der Waals surface area contributed by atoms with Crippen molar-refractivity contribution in [3.05, 3.63) is 120 Å². The lowest BCUT2D eigenvalue weighted by Gasteiger charge is -2.21. The van der Waals surface area contributed by atoms with E-state index in [1.54, 1.807) is 58.1 Å². The molecule has 286 valence electrons. The van der Waals surface area contributed by atoms with Gasteiger partial charge < -0.3 is 39.1 Å². The van der Waals surface area contributed by atoms with Crippen LogP contribution in [0.1, 0.15) is 49.9 Å². The van der Waals surface area contributed by atoms with Crippen LogP contribution in [0.2, 0.25) is 0 Å². The first-order valence-electron chi connectivity index (χ1n) is 15.9. The van der Waals surface area contributed by atoms with Crippen molar-refractivity contribution in [1.29, 1.82) is 0 Å². The number of nitrogens with one attached hydrogen (secondary N) is 1. The van der Waals surface area contributed by atoms with Crippen molar-refractivity contribution in [2.45, 2.75) is 51.9 Å². The van der Waals surface area contributed by atoms with E-state index < -0.39 is 48.5 Å². The van der Waals surface area contributed by atoms with Crippen LogP contribution < -0.4 is 11.1 Å². The van der Waals surface area contributed by atoms with Crippen LogP contribution in [0.4, 0.5) is 0 Å². The van der Waals surface area contributed by atoms with Gasteiger partial charge in [0.15, 0.2) is 0 Å². The third kappa shape index (κ3) is 17.2. The predicted molar refractivity (Wildman–Crippen MR) is 204 cm³/mol. The lowest BCUT2D eigenvalue weighted by atomic mass is 10.1. The molecule has 16 heteroatoms. The van der Waals surface area contributed by atoms with Gasteiger partial charge in [-0.15, -0.1) is 24.8 Å². The highest BCUT2D eigenvalue weighted by Crippen LogP contribution is 2.10. The molecule has 53 heavy (non-hydrogen) atoms. The standard InChI is InChI=1S/C19H23N3O4.C18H21N3O4.2ClH/c1-19(2,20-3)18(24)26-14-25-17(23)9-8-15-4-6-16(7-5-15)12-22-11-10-21-13-22;1-18(2,19)17(23)25-13-24-16(22)8-7-14-3-5-15(6-4-14)11-21-10-9-20-12-21;;/h4-11,13,20H,12,14H2,1-3H3;3-10,12H,11,13,19H2,1-2H3;2*1H/b9-8+;8-7+;;. The summed E-state index contributed by atoms with van der Waals surface area (Å²) >= 11 is 0. The second-order valence-corrected chi connectivity index (χ2v) is 12.2. The van der Waals surface area contributed by atoms with E-state index in [4.69, 9.17) is 24.7 Å². The molecule has 0 fully saturated rings. The molecule has 0 atom stereocenters. The van der Waals surface area contributed by atoms with Gasteiger partial charge in [0, 0.05) is 50.0 Å². The molecule has 2 aromatic carbocycles. The van der Waals surface area contributed by atoms with Crippen LogP contribution in [-0.2, 0) is 51.2 Å². The van der Waals surface area contributed by atoms with Gasteiger partial charge in [-0.3, -0.25) is 0 Å². The van der Waals surface area contributed by atoms with Crippen LogP contribution in [0.15, 0.2) is 98.1 Å². The Morgan fingerprint density at radius 2 is 1.08 bits per heavy atom. The summed E-state index contributed by atoms with van der Waals surface area (Å²) < 4.78 is 23.2. The van der Waals surface area contributed by atoms with Crippen LogP contribution in [0.3, 0.4) is 0 Å². The minimum Gasteiger partial charge on any atom is -0.426 e. The Kier molecular flexibility index (Phi) is 19.5. The number of esters is 4. The van der Waals surface area contributed by atoms with Crippen molar-refractivity contribution in [1.82, 2.24) is 24.4 Å². The van der Waals surface area contributed by atoms with Crippen LogP contribution in [0, 0.1) is 0 Å². The van der Waals surface area contributed by atoms with Crippen molar-refractivity contribution >= 4 is 60.8 Å². The van der Waals surface area contributed by atoms with Gasteiger partial charge in [-0.05, 0) is 69.1 Å². The van der Waals surface area contributed by atoms with Crippen LogP contribution in [-0.4, -0.2) is 74.7 Å². The summed E-state index contributed by atoms with van der Waals surface area (Å²) in [5.74, 6) is -2.32. The van der Waals surface area contributed by atoms with Crippen molar-refractivity contribution in [2.75, 3.05) is 20.6 Å². The number of imidazole rings is 2. The van der Waals surface area contributed by atoms with Gasteiger partial charge in [-0.25, -0.2) is 29.1 Å².